The van der Waals surface area contributed by atoms with E-state index in [1.54, 1.807) is 4.90 Å². The largest absolute Gasteiger partial charge is 0.387 e. The third kappa shape index (κ3) is 4.41. The number of hydrogen-bond donors (Lipinski definition) is 1. The molecule has 132 valence electrons. The maximum Gasteiger partial charge on any atom is 0.254 e. The van der Waals surface area contributed by atoms with Crippen LogP contribution in [0.4, 0.5) is 8.78 Å². The first-order valence-corrected chi connectivity index (χ1v) is 8.23. The number of β-amino-alcohol motifs (C(OH)–C–C–N with tert-alkyl or cyclic N) is 1. The number of benzene rings is 2. The molecule has 1 N–H and O–H groups in total. The lowest BCUT2D eigenvalue weighted by Crippen LogP contribution is -2.49. The fourth-order valence-corrected chi connectivity index (χ4v) is 3.02. The summed E-state index contributed by atoms with van der Waals surface area (Å²) in [6, 6.07) is 12.3. The number of aliphatic hydroxyl groups excluding tert-OH is 1. The second kappa shape index (κ2) is 7.72. The minimum atomic E-state index is -0.757. The van der Waals surface area contributed by atoms with Crippen molar-refractivity contribution in [3.63, 3.8) is 0 Å². The number of nitrogens with zero attached hydrogens (tertiary/aromatic N) is 2. The average molecular weight is 346 g/mol. The molecule has 1 amide bonds. The zero-order chi connectivity index (χ0) is 17.8. The van der Waals surface area contributed by atoms with E-state index in [0.29, 0.717) is 32.7 Å². The van der Waals surface area contributed by atoms with E-state index in [1.807, 2.05) is 30.3 Å². The molecule has 25 heavy (non-hydrogen) atoms. The van der Waals surface area contributed by atoms with Gasteiger partial charge < -0.3 is 10.0 Å². The van der Waals surface area contributed by atoms with Crippen molar-refractivity contribution >= 4 is 5.91 Å². The molecule has 1 aliphatic rings. The van der Waals surface area contributed by atoms with Gasteiger partial charge in [0.25, 0.3) is 5.91 Å². The fraction of sp³-hybridized carbons (Fsp3) is 0.316. The van der Waals surface area contributed by atoms with Gasteiger partial charge in [-0.25, -0.2) is 8.78 Å². The molecule has 1 heterocycles. The summed E-state index contributed by atoms with van der Waals surface area (Å²) in [7, 11) is 0. The van der Waals surface area contributed by atoms with E-state index in [2.05, 4.69) is 4.90 Å². The Hall–Kier alpha value is -2.31. The Morgan fingerprint density at radius 3 is 2.20 bits per heavy atom. The van der Waals surface area contributed by atoms with Crippen molar-refractivity contribution in [3.05, 3.63) is 71.3 Å². The smallest absolute Gasteiger partial charge is 0.254 e. The molecule has 0 bridgehead atoms. The minimum Gasteiger partial charge on any atom is -0.387 e. The highest BCUT2D eigenvalue weighted by molar-refractivity contribution is 5.94. The lowest BCUT2D eigenvalue weighted by Gasteiger charge is -2.35. The molecule has 1 saturated heterocycles. The monoisotopic (exact) mass is 346 g/mol. The first kappa shape index (κ1) is 17.5. The van der Waals surface area contributed by atoms with Gasteiger partial charge in [0.15, 0.2) is 0 Å². The molecule has 0 unspecified atom stereocenters. The van der Waals surface area contributed by atoms with Gasteiger partial charge in [0, 0.05) is 44.4 Å². The molecule has 0 aromatic heterocycles. The number of halogens is 2. The van der Waals surface area contributed by atoms with Gasteiger partial charge in [-0.05, 0) is 17.7 Å². The van der Waals surface area contributed by atoms with E-state index in [-0.39, 0.29) is 11.5 Å². The molecule has 1 aliphatic heterocycles. The Kier molecular flexibility index (Phi) is 5.40. The van der Waals surface area contributed by atoms with Crippen LogP contribution in [0.3, 0.4) is 0 Å². The summed E-state index contributed by atoms with van der Waals surface area (Å²) in [5, 5.41) is 10.3. The molecular formula is C19H20F2N2O2. The van der Waals surface area contributed by atoms with Crippen molar-refractivity contribution < 1.29 is 18.7 Å². The van der Waals surface area contributed by atoms with Crippen LogP contribution in [0, 0.1) is 11.6 Å². The van der Waals surface area contributed by atoms with Gasteiger partial charge >= 0.3 is 0 Å². The Morgan fingerprint density at radius 2 is 1.60 bits per heavy atom. The third-order valence-electron chi connectivity index (χ3n) is 4.38. The Bertz CT molecular complexity index is 711. The molecule has 1 atom stereocenters. The summed E-state index contributed by atoms with van der Waals surface area (Å²) < 4.78 is 26.6. The van der Waals surface area contributed by atoms with Crippen LogP contribution in [0.1, 0.15) is 22.0 Å². The van der Waals surface area contributed by atoms with Crippen molar-refractivity contribution in [3.8, 4) is 0 Å². The molecule has 0 saturated carbocycles. The van der Waals surface area contributed by atoms with E-state index < -0.39 is 17.7 Å². The lowest BCUT2D eigenvalue weighted by atomic mass is 10.1. The van der Waals surface area contributed by atoms with E-state index in [4.69, 9.17) is 0 Å². The highest BCUT2D eigenvalue weighted by atomic mass is 19.1. The minimum absolute atomic E-state index is 0.0234. The summed E-state index contributed by atoms with van der Waals surface area (Å²) in [6.45, 7) is 2.61. The fourth-order valence-electron chi connectivity index (χ4n) is 3.02. The average Bonchev–Trinajstić information content (AvgIpc) is 2.61. The summed E-state index contributed by atoms with van der Waals surface area (Å²) in [5.41, 5.74) is 0.881. The predicted octanol–water partition coefficient (Wildman–Crippen LogP) is 2.46. The van der Waals surface area contributed by atoms with Crippen molar-refractivity contribution in [1.82, 2.24) is 9.80 Å². The second-order valence-corrected chi connectivity index (χ2v) is 6.18. The Balaban J connectivity index is 1.55. The van der Waals surface area contributed by atoms with E-state index >= 15 is 0 Å². The van der Waals surface area contributed by atoms with Crippen molar-refractivity contribution in [2.24, 2.45) is 0 Å². The number of amides is 1. The number of rotatable bonds is 4. The normalized spacial score (nSPS) is 16.7. The van der Waals surface area contributed by atoms with Crippen molar-refractivity contribution in [2.75, 3.05) is 32.7 Å². The van der Waals surface area contributed by atoms with Crippen LogP contribution < -0.4 is 0 Å². The molecule has 0 radical (unpaired) electrons. The number of carbonyl (C=O) groups excluding carboxylic acids is 1. The van der Waals surface area contributed by atoms with Gasteiger partial charge in [0.05, 0.1) is 6.10 Å². The Morgan fingerprint density at radius 1 is 1.00 bits per heavy atom. The molecule has 2 aromatic carbocycles. The zero-order valence-electron chi connectivity index (χ0n) is 13.7. The highest BCUT2D eigenvalue weighted by Gasteiger charge is 2.24. The number of carbonyl (C=O) groups is 1. The van der Waals surface area contributed by atoms with Crippen LogP contribution in [-0.4, -0.2) is 53.5 Å². The van der Waals surface area contributed by atoms with Gasteiger partial charge in [-0.2, -0.15) is 0 Å². The summed E-state index contributed by atoms with van der Waals surface area (Å²) in [6.07, 6.45) is -0.583. The van der Waals surface area contributed by atoms with Gasteiger partial charge in [0.2, 0.25) is 0 Å². The highest BCUT2D eigenvalue weighted by Crippen LogP contribution is 2.16. The van der Waals surface area contributed by atoms with Gasteiger partial charge in [-0.3, -0.25) is 9.69 Å². The summed E-state index contributed by atoms with van der Waals surface area (Å²) in [4.78, 5) is 16.0. The molecular weight excluding hydrogens is 326 g/mol. The first-order valence-electron chi connectivity index (χ1n) is 8.23. The quantitative estimate of drug-likeness (QED) is 0.925. The zero-order valence-corrected chi connectivity index (χ0v) is 13.7. The first-order chi connectivity index (χ1) is 12.0. The van der Waals surface area contributed by atoms with E-state index in [9.17, 15) is 18.7 Å². The van der Waals surface area contributed by atoms with Crippen LogP contribution in [0.15, 0.2) is 48.5 Å². The third-order valence-corrected chi connectivity index (χ3v) is 4.38. The summed E-state index contributed by atoms with van der Waals surface area (Å²) >= 11 is 0. The van der Waals surface area contributed by atoms with Crippen LogP contribution in [0.25, 0.3) is 0 Å². The molecule has 6 heteroatoms. The van der Waals surface area contributed by atoms with Crippen LogP contribution in [0.5, 0.6) is 0 Å². The lowest BCUT2D eigenvalue weighted by molar-refractivity contribution is 0.0527. The van der Waals surface area contributed by atoms with Gasteiger partial charge in [-0.15, -0.1) is 0 Å². The molecule has 3 rings (SSSR count). The standard InChI is InChI=1S/C19H20F2N2O2/c20-16-10-15(11-17(21)12-16)19(25)23-8-6-22(7-9-23)13-18(24)14-4-2-1-3-5-14/h1-5,10-12,18,24H,6-9,13H2/t18-/m1/s1. The molecule has 0 spiro atoms. The van der Waals surface area contributed by atoms with Gasteiger partial charge in [0.1, 0.15) is 11.6 Å². The van der Waals surface area contributed by atoms with Gasteiger partial charge in [-0.1, -0.05) is 30.3 Å². The Labute approximate surface area is 145 Å². The topological polar surface area (TPSA) is 43.8 Å². The number of piperazine rings is 1. The van der Waals surface area contributed by atoms with Crippen molar-refractivity contribution in [2.45, 2.75) is 6.10 Å². The summed E-state index contributed by atoms with van der Waals surface area (Å²) in [5.74, 6) is -1.89. The molecule has 4 nitrogen and oxygen atoms in total. The van der Waals surface area contributed by atoms with Crippen LogP contribution in [-0.2, 0) is 0 Å². The molecule has 2 aromatic rings. The van der Waals surface area contributed by atoms with Crippen molar-refractivity contribution in [1.29, 1.82) is 0 Å². The van der Waals surface area contributed by atoms with E-state index in [1.165, 1.54) is 0 Å². The van der Waals surface area contributed by atoms with Crippen LogP contribution >= 0.6 is 0 Å². The molecule has 1 fully saturated rings. The molecule has 0 aliphatic carbocycles. The maximum absolute atomic E-state index is 13.3. The number of aliphatic hydroxyl groups is 1. The predicted molar refractivity (Wildman–Crippen MR) is 90.1 cm³/mol. The van der Waals surface area contributed by atoms with Crippen LogP contribution in [0.2, 0.25) is 0 Å². The maximum atomic E-state index is 13.3. The van der Waals surface area contributed by atoms with E-state index in [0.717, 1.165) is 23.8 Å². The second-order valence-electron chi connectivity index (χ2n) is 6.18. The number of hydrogen-bond acceptors (Lipinski definition) is 3. The SMILES string of the molecule is O=C(c1cc(F)cc(F)c1)N1CCN(C[C@@H](O)c2ccccc2)CC1.